The Morgan fingerprint density at radius 1 is 1.04 bits per heavy atom. The van der Waals surface area contributed by atoms with E-state index >= 15 is 0 Å². The monoisotopic (exact) mass is 360 g/mol. The lowest BCUT2D eigenvalue weighted by Gasteiger charge is -1.98. The number of carbonyl (C=O) groups excluding carboxylic acids is 1. The number of rotatable bonds is 2. The maximum Gasteiger partial charge on any atom is 0.231 e. The van der Waals surface area contributed by atoms with Crippen molar-refractivity contribution < 1.29 is 14.3 Å². The molecule has 3 aromatic rings. The number of ether oxygens (including phenoxy) is 2. The number of carbonyl (C=O) groups is 1. The molecule has 0 fully saturated rings. The normalized spacial score (nSPS) is 15.5. The van der Waals surface area contributed by atoms with Crippen LogP contribution in [0, 0.1) is 0 Å². The van der Waals surface area contributed by atoms with Crippen LogP contribution in [0.2, 0.25) is 0 Å². The topological polar surface area (TPSA) is 64.2 Å². The van der Waals surface area contributed by atoms with Gasteiger partial charge in [-0.05, 0) is 35.9 Å². The van der Waals surface area contributed by atoms with Crippen LogP contribution in [-0.2, 0) is 6.42 Å². The third-order valence-electron chi connectivity index (χ3n) is 4.53. The number of fused-ring (bicyclic) bond motifs is 2. The van der Waals surface area contributed by atoms with Crippen molar-refractivity contribution >= 4 is 11.9 Å². The standard InChI is InChI=1S/C20H14N2O3.C2H6/c23-20-14(7-12-3-1-2-4-16(12)20)8-15-10-17(22-21-15)13-5-6-18-19(9-13)25-11-24-18;1-2/h1-6,8-10H,7,11H2,(H,21,22);1-2H3/b14-8+;. The van der Waals surface area contributed by atoms with Crippen LogP contribution < -0.4 is 9.47 Å². The van der Waals surface area contributed by atoms with Crippen molar-refractivity contribution in [2.75, 3.05) is 6.79 Å². The van der Waals surface area contributed by atoms with Crippen LogP contribution in [0.1, 0.15) is 35.5 Å². The van der Waals surface area contributed by atoms with Gasteiger partial charge in [0, 0.05) is 23.1 Å². The zero-order valence-corrected chi connectivity index (χ0v) is 15.3. The molecule has 0 saturated carbocycles. The molecule has 2 heterocycles. The Hall–Kier alpha value is -3.34. The first-order valence-electron chi connectivity index (χ1n) is 9.06. The molecule has 136 valence electrons. The van der Waals surface area contributed by atoms with Gasteiger partial charge in [0.1, 0.15) is 0 Å². The van der Waals surface area contributed by atoms with Crippen molar-refractivity contribution in [3.63, 3.8) is 0 Å². The highest BCUT2D eigenvalue weighted by Gasteiger charge is 2.24. The third-order valence-corrected chi connectivity index (χ3v) is 4.53. The van der Waals surface area contributed by atoms with Gasteiger partial charge in [0.2, 0.25) is 6.79 Å². The SMILES string of the molecule is CC.O=C1/C(=C/c2cc(-c3ccc4c(c3)OCO4)n[nH]2)Cc2ccccc21. The number of H-pyrrole nitrogens is 1. The Morgan fingerprint density at radius 3 is 2.70 bits per heavy atom. The van der Waals surface area contributed by atoms with Gasteiger partial charge in [0.25, 0.3) is 0 Å². The van der Waals surface area contributed by atoms with Gasteiger partial charge in [-0.2, -0.15) is 5.10 Å². The van der Waals surface area contributed by atoms with Crippen LogP contribution >= 0.6 is 0 Å². The fourth-order valence-electron chi connectivity index (χ4n) is 3.27. The summed E-state index contributed by atoms with van der Waals surface area (Å²) in [6.07, 6.45) is 2.54. The number of ketones is 1. The average molecular weight is 360 g/mol. The Morgan fingerprint density at radius 2 is 1.85 bits per heavy atom. The van der Waals surface area contributed by atoms with Gasteiger partial charge in [-0.3, -0.25) is 9.89 Å². The molecule has 0 saturated heterocycles. The quantitative estimate of drug-likeness (QED) is 0.676. The summed E-state index contributed by atoms with van der Waals surface area (Å²) in [6.45, 7) is 4.25. The molecule has 0 radical (unpaired) electrons. The van der Waals surface area contributed by atoms with Crippen molar-refractivity contribution in [3.8, 4) is 22.8 Å². The number of aromatic nitrogens is 2. The molecule has 0 amide bonds. The summed E-state index contributed by atoms with van der Waals surface area (Å²) in [5.41, 5.74) is 5.20. The molecule has 1 aliphatic carbocycles. The Balaban J connectivity index is 0.000000872. The zero-order chi connectivity index (χ0) is 18.8. The fourth-order valence-corrected chi connectivity index (χ4v) is 3.27. The molecule has 0 atom stereocenters. The van der Waals surface area contributed by atoms with E-state index in [1.807, 2.05) is 68.5 Å². The van der Waals surface area contributed by atoms with E-state index in [0.717, 1.165) is 45.2 Å². The van der Waals surface area contributed by atoms with Crippen molar-refractivity contribution in [2.24, 2.45) is 0 Å². The summed E-state index contributed by atoms with van der Waals surface area (Å²) in [4.78, 5) is 12.5. The lowest BCUT2D eigenvalue weighted by Crippen LogP contribution is -1.94. The molecule has 5 rings (SSSR count). The second-order valence-electron chi connectivity index (χ2n) is 6.11. The predicted octanol–water partition coefficient (Wildman–Crippen LogP) is 4.65. The van der Waals surface area contributed by atoms with Crippen LogP contribution in [-0.4, -0.2) is 22.8 Å². The van der Waals surface area contributed by atoms with Crippen LogP contribution in [0.5, 0.6) is 11.5 Å². The Kier molecular flexibility index (Phi) is 4.50. The number of nitrogens with one attached hydrogen (secondary N) is 1. The highest BCUT2D eigenvalue weighted by atomic mass is 16.7. The zero-order valence-electron chi connectivity index (χ0n) is 15.3. The molecular weight excluding hydrogens is 340 g/mol. The molecule has 0 bridgehead atoms. The number of aromatic amines is 1. The predicted molar refractivity (Wildman–Crippen MR) is 104 cm³/mol. The summed E-state index contributed by atoms with van der Waals surface area (Å²) < 4.78 is 10.7. The summed E-state index contributed by atoms with van der Waals surface area (Å²) in [5.74, 6) is 1.56. The minimum atomic E-state index is 0.0924. The lowest BCUT2D eigenvalue weighted by molar-refractivity contribution is 0.104. The first-order chi connectivity index (χ1) is 13.3. The minimum Gasteiger partial charge on any atom is -0.454 e. The summed E-state index contributed by atoms with van der Waals surface area (Å²) in [5, 5.41) is 7.35. The molecular formula is C22H20N2O3. The number of hydrogen-bond donors (Lipinski definition) is 1. The molecule has 5 heteroatoms. The largest absolute Gasteiger partial charge is 0.454 e. The van der Waals surface area contributed by atoms with Crippen LogP contribution in [0.15, 0.2) is 54.1 Å². The smallest absolute Gasteiger partial charge is 0.231 e. The number of hydrogen-bond acceptors (Lipinski definition) is 4. The van der Waals surface area contributed by atoms with E-state index in [2.05, 4.69) is 10.2 Å². The van der Waals surface area contributed by atoms with E-state index in [1.54, 1.807) is 0 Å². The molecule has 2 aliphatic rings. The van der Waals surface area contributed by atoms with Crippen LogP contribution in [0.3, 0.4) is 0 Å². The van der Waals surface area contributed by atoms with E-state index in [9.17, 15) is 4.79 Å². The fraction of sp³-hybridized carbons (Fsp3) is 0.182. The van der Waals surface area contributed by atoms with E-state index < -0.39 is 0 Å². The highest BCUT2D eigenvalue weighted by molar-refractivity contribution is 6.15. The second kappa shape index (κ2) is 7.11. The highest BCUT2D eigenvalue weighted by Crippen LogP contribution is 2.35. The number of Topliss-reactive ketones (excluding diaryl/α,β-unsaturated/α-hetero) is 1. The molecule has 2 aromatic carbocycles. The maximum atomic E-state index is 12.5. The summed E-state index contributed by atoms with van der Waals surface area (Å²) in [7, 11) is 0. The molecule has 5 nitrogen and oxygen atoms in total. The van der Waals surface area contributed by atoms with E-state index in [0.29, 0.717) is 6.42 Å². The van der Waals surface area contributed by atoms with Crippen molar-refractivity contribution in [3.05, 3.63) is 70.9 Å². The van der Waals surface area contributed by atoms with Crippen molar-refractivity contribution in [2.45, 2.75) is 20.3 Å². The Bertz CT molecular complexity index is 1030. The van der Waals surface area contributed by atoms with Crippen LogP contribution in [0.4, 0.5) is 0 Å². The first-order valence-corrected chi connectivity index (χ1v) is 9.06. The average Bonchev–Trinajstić information content (AvgIpc) is 3.43. The van der Waals surface area contributed by atoms with Crippen molar-refractivity contribution in [1.82, 2.24) is 10.2 Å². The molecule has 0 unspecified atom stereocenters. The number of allylic oxidation sites excluding steroid dienone is 1. The summed E-state index contributed by atoms with van der Waals surface area (Å²) in [6, 6.07) is 15.4. The van der Waals surface area contributed by atoms with Gasteiger partial charge in [0.05, 0.1) is 11.4 Å². The van der Waals surface area contributed by atoms with Crippen molar-refractivity contribution in [1.29, 1.82) is 0 Å². The van der Waals surface area contributed by atoms with E-state index in [4.69, 9.17) is 9.47 Å². The lowest BCUT2D eigenvalue weighted by atomic mass is 10.1. The van der Waals surface area contributed by atoms with Gasteiger partial charge < -0.3 is 9.47 Å². The van der Waals surface area contributed by atoms with E-state index in [1.165, 1.54) is 0 Å². The third kappa shape index (κ3) is 3.12. The Labute approximate surface area is 157 Å². The molecule has 27 heavy (non-hydrogen) atoms. The minimum absolute atomic E-state index is 0.0924. The molecule has 1 aromatic heterocycles. The van der Waals surface area contributed by atoms with E-state index in [-0.39, 0.29) is 12.6 Å². The van der Waals surface area contributed by atoms with Gasteiger partial charge in [-0.25, -0.2) is 0 Å². The molecule has 1 N–H and O–H groups in total. The van der Waals surface area contributed by atoms with Gasteiger partial charge >= 0.3 is 0 Å². The molecule has 0 spiro atoms. The van der Waals surface area contributed by atoms with Gasteiger partial charge in [-0.15, -0.1) is 0 Å². The second-order valence-corrected chi connectivity index (χ2v) is 6.11. The number of benzene rings is 2. The molecule has 1 aliphatic heterocycles. The maximum absolute atomic E-state index is 12.5. The summed E-state index contributed by atoms with van der Waals surface area (Å²) >= 11 is 0. The first kappa shape index (κ1) is 17.1. The van der Waals surface area contributed by atoms with Crippen LogP contribution in [0.25, 0.3) is 17.3 Å². The van der Waals surface area contributed by atoms with Gasteiger partial charge in [0.15, 0.2) is 17.3 Å². The van der Waals surface area contributed by atoms with Gasteiger partial charge in [-0.1, -0.05) is 38.1 Å². The number of nitrogens with zero attached hydrogens (tertiary/aromatic N) is 1.